The number of hydrogen-bond donors (Lipinski definition) is 1. The fraction of sp³-hybridized carbons (Fsp3) is 0.0769. The van der Waals surface area contributed by atoms with Gasteiger partial charge in [0.05, 0.1) is 5.56 Å². The molecule has 2 aromatic rings. The van der Waals surface area contributed by atoms with Crippen molar-refractivity contribution in [2.45, 2.75) is 6.18 Å². The van der Waals surface area contributed by atoms with Gasteiger partial charge in [0.15, 0.2) is 23.0 Å². The average molecular weight is 301 g/mol. The van der Waals surface area contributed by atoms with Crippen molar-refractivity contribution < 1.29 is 32.2 Å². The van der Waals surface area contributed by atoms with E-state index < -0.39 is 35.0 Å². The van der Waals surface area contributed by atoms with Gasteiger partial charge in [0, 0.05) is 6.20 Å². The number of aromatic nitrogens is 1. The number of benzene rings is 1. The standard InChI is InChI=1S/C13H7F4NO3/c14-8-6-7(13(15,16)17)3-4-9(8)21-10-2-1-5-18-11(10)12(19)20/h1-6H,(H,19,20). The molecule has 8 heteroatoms. The molecule has 1 aromatic heterocycles. The van der Waals surface area contributed by atoms with Gasteiger partial charge >= 0.3 is 12.1 Å². The molecule has 0 amide bonds. The molecule has 21 heavy (non-hydrogen) atoms. The van der Waals surface area contributed by atoms with Gasteiger partial charge in [0.25, 0.3) is 0 Å². The summed E-state index contributed by atoms with van der Waals surface area (Å²) in [6, 6.07) is 4.25. The van der Waals surface area contributed by atoms with Gasteiger partial charge in [-0.25, -0.2) is 14.2 Å². The van der Waals surface area contributed by atoms with Gasteiger partial charge in [-0.05, 0) is 30.3 Å². The summed E-state index contributed by atoms with van der Waals surface area (Å²) in [5, 5.41) is 8.88. The van der Waals surface area contributed by atoms with Crippen molar-refractivity contribution in [2.24, 2.45) is 0 Å². The zero-order valence-electron chi connectivity index (χ0n) is 10.2. The average Bonchev–Trinajstić information content (AvgIpc) is 2.40. The van der Waals surface area contributed by atoms with E-state index in [9.17, 15) is 22.4 Å². The lowest BCUT2D eigenvalue weighted by Crippen LogP contribution is -2.06. The molecular formula is C13H7F4NO3. The maximum atomic E-state index is 13.6. The second kappa shape index (κ2) is 5.39. The van der Waals surface area contributed by atoms with Crippen LogP contribution in [-0.2, 0) is 6.18 Å². The van der Waals surface area contributed by atoms with E-state index >= 15 is 0 Å². The Bertz CT molecular complexity index is 685. The first-order chi connectivity index (χ1) is 9.79. The highest BCUT2D eigenvalue weighted by Gasteiger charge is 2.31. The molecule has 0 saturated heterocycles. The maximum absolute atomic E-state index is 13.6. The van der Waals surface area contributed by atoms with E-state index in [0.29, 0.717) is 6.07 Å². The Kier molecular flexibility index (Phi) is 3.79. The predicted molar refractivity (Wildman–Crippen MR) is 62.7 cm³/mol. The van der Waals surface area contributed by atoms with E-state index in [4.69, 9.17) is 9.84 Å². The van der Waals surface area contributed by atoms with Crippen LogP contribution in [0.25, 0.3) is 0 Å². The van der Waals surface area contributed by atoms with Crippen molar-refractivity contribution in [3.8, 4) is 11.5 Å². The first-order valence-corrected chi connectivity index (χ1v) is 5.52. The minimum absolute atomic E-state index is 0.270. The topological polar surface area (TPSA) is 59.4 Å². The lowest BCUT2D eigenvalue weighted by atomic mass is 10.2. The van der Waals surface area contributed by atoms with E-state index in [1.165, 1.54) is 18.3 Å². The molecule has 0 saturated carbocycles. The smallest absolute Gasteiger partial charge is 0.416 e. The third kappa shape index (κ3) is 3.28. The molecule has 0 atom stereocenters. The number of aromatic carboxylic acids is 1. The van der Waals surface area contributed by atoms with Crippen molar-refractivity contribution in [1.82, 2.24) is 4.98 Å². The third-order valence-corrected chi connectivity index (χ3v) is 2.45. The zero-order valence-corrected chi connectivity index (χ0v) is 10.2. The zero-order chi connectivity index (χ0) is 15.6. The number of carboxylic acid groups (broad SMARTS) is 1. The molecule has 2 rings (SSSR count). The minimum Gasteiger partial charge on any atom is -0.476 e. The van der Waals surface area contributed by atoms with Gasteiger partial charge in [-0.3, -0.25) is 0 Å². The Morgan fingerprint density at radius 2 is 1.90 bits per heavy atom. The molecule has 1 heterocycles. The normalized spacial score (nSPS) is 11.2. The number of pyridine rings is 1. The summed E-state index contributed by atoms with van der Waals surface area (Å²) >= 11 is 0. The lowest BCUT2D eigenvalue weighted by molar-refractivity contribution is -0.137. The van der Waals surface area contributed by atoms with Gasteiger partial charge in [-0.1, -0.05) is 0 Å². The Balaban J connectivity index is 2.35. The van der Waals surface area contributed by atoms with E-state index in [1.54, 1.807) is 0 Å². The van der Waals surface area contributed by atoms with Crippen molar-refractivity contribution in [3.05, 3.63) is 53.6 Å². The van der Waals surface area contributed by atoms with Gasteiger partial charge in [-0.15, -0.1) is 0 Å². The number of carboxylic acids is 1. The van der Waals surface area contributed by atoms with Crippen molar-refractivity contribution >= 4 is 5.97 Å². The SMILES string of the molecule is O=C(O)c1ncccc1Oc1ccc(C(F)(F)F)cc1F. The number of carbonyl (C=O) groups is 1. The Morgan fingerprint density at radius 1 is 1.19 bits per heavy atom. The third-order valence-electron chi connectivity index (χ3n) is 2.45. The molecule has 0 bridgehead atoms. The van der Waals surface area contributed by atoms with Crippen LogP contribution in [0.4, 0.5) is 17.6 Å². The highest BCUT2D eigenvalue weighted by atomic mass is 19.4. The molecule has 0 unspecified atom stereocenters. The van der Waals surface area contributed by atoms with Gasteiger partial charge < -0.3 is 9.84 Å². The van der Waals surface area contributed by atoms with Crippen LogP contribution in [0.3, 0.4) is 0 Å². The van der Waals surface area contributed by atoms with Crippen LogP contribution >= 0.6 is 0 Å². The van der Waals surface area contributed by atoms with Crippen molar-refractivity contribution in [3.63, 3.8) is 0 Å². The monoisotopic (exact) mass is 301 g/mol. The van der Waals surface area contributed by atoms with Crippen LogP contribution in [0.2, 0.25) is 0 Å². The van der Waals surface area contributed by atoms with E-state index in [1.807, 2.05) is 0 Å². The molecule has 1 N–H and O–H groups in total. The molecule has 0 spiro atoms. The molecule has 0 aliphatic heterocycles. The minimum atomic E-state index is -4.68. The number of hydrogen-bond acceptors (Lipinski definition) is 3. The fourth-order valence-corrected chi connectivity index (χ4v) is 1.51. The van der Waals surface area contributed by atoms with Crippen LogP contribution in [-0.4, -0.2) is 16.1 Å². The van der Waals surface area contributed by atoms with Gasteiger partial charge in [0.2, 0.25) is 0 Å². The quantitative estimate of drug-likeness (QED) is 0.878. The molecule has 0 radical (unpaired) electrons. The van der Waals surface area contributed by atoms with Crippen LogP contribution in [0.5, 0.6) is 11.5 Å². The first-order valence-electron chi connectivity index (χ1n) is 5.52. The summed E-state index contributed by atoms with van der Waals surface area (Å²) in [7, 11) is 0. The van der Waals surface area contributed by atoms with Crippen LogP contribution in [0.15, 0.2) is 36.5 Å². The summed E-state index contributed by atoms with van der Waals surface area (Å²) < 4.78 is 55.8. The molecular weight excluding hydrogens is 294 g/mol. The molecule has 0 fully saturated rings. The van der Waals surface area contributed by atoms with Gasteiger partial charge in [0.1, 0.15) is 0 Å². The second-order valence-corrected chi connectivity index (χ2v) is 3.90. The first kappa shape index (κ1) is 14.8. The summed E-state index contributed by atoms with van der Waals surface area (Å²) in [5.74, 6) is -3.47. The largest absolute Gasteiger partial charge is 0.476 e. The van der Waals surface area contributed by atoms with E-state index in [2.05, 4.69) is 4.98 Å². The Morgan fingerprint density at radius 3 is 2.48 bits per heavy atom. The van der Waals surface area contributed by atoms with Crippen molar-refractivity contribution in [2.75, 3.05) is 0 Å². The number of rotatable bonds is 3. The Labute approximate surface area is 115 Å². The maximum Gasteiger partial charge on any atom is 0.416 e. The van der Waals surface area contributed by atoms with Crippen molar-refractivity contribution in [1.29, 1.82) is 0 Å². The highest BCUT2D eigenvalue weighted by Crippen LogP contribution is 2.33. The number of ether oxygens (including phenoxy) is 1. The Hall–Kier alpha value is -2.64. The molecule has 4 nitrogen and oxygen atoms in total. The van der Waals surface area contributed by atoms with Gasteiger partial charge in [-0.2, -0.15) is 13.2 Å². The number of alkyl halides is 3. The lowest BCUT2D eigenvalue weighted by Gasteiger charge is -2.11. The van der Waals surface area contributed by atoms with E-state index in [-0.39, 0.29) is 11.8 Å². The number of nitrogens with zero attached hydrogens (tertiary/aromatic N) is 1. The molecule has 0 aliphatic carbocycles. The summed E-state index contributed by atoms with van der Waals surface area (Å²) in [4.78, 5) is 14.4. The molecule has 1 aromatic carbocycles. The predicted octanol–water partition coefficient (Wildman–Crippen LogP) is 3.73. The summed E-state index contributed by atoms with van der Waals surface area (Å²) in [5.41, 5.74) is -1.64. The van der Waals surface area contributed by atoms with Crippen LogP contribution in [0, 0.1) is 5.82 Å². The number of halogens is 4. The van der Waals surface area contributed by atoms with Crippen LogP contribution in [0.1, 0.15) is 16.1 Å². The van der Waals surface area contributed by atoms with E-state index in [0.717, 1.165) is 6.07 Å². The highest BCUT2D eigenvalue weighted by molar-refractivity contribution is 5.88. The molecule has 110 valence electrons. The second-order valence-electron chi connectivity index (χ2n) is 3.90. The molecule has 0 aliphatic rings. The fourth-order valence-electron chi connectivity index (χ4n) is 1.51. The van der Waals surface area contributed by atoms with Crippen LogP contribution < -0.4 is 4.74 Å². The summed E-state index contributed by atoms with van der Waals surface area (Å²) in [6.45, 7) is 0. The summed E-state index contributed by atoms with van der Waals surface area (Å²) in [6.07, 6.45) is -3.49.